The van der Waals surface area contributed by atoms with Gasteiger partial charge in [0.25, 0.3) is 0 Å². The molecule has 0 spiro atoms. The van der Waals surface area contributed by atoms with Crippen LogP contribution in [0.5, 0.6) is 0 Å². The molecule has 1 heterocycles. The minimum absolute atomic E-state index is 0.580. The normalized spacial score (nSPS) is 34.1. The zero-order chi connectivity index (χ0) is 8.27. The fourth-order valence-electron chi connectivity index (χ4n) is 1.57. The van der Waals surface area contributed by atoms with Crippen molar-refractivity contribution >= 4 is 15.9 Å². The molecule has 2 unspecified atom stereocenters. The molecule has 0 aromatic carbocycles. The average molecular weight is 222 g/mol. The van der Waals surface area contributed by atoms with Gasteiger partial charge in [0, 0.05) is 24.0 Å². The number of hydrogen-bond acceptors (Lipinski definition) is 2. The van der Waals surface area contributed by atoms with E-state index < -0.39 is 0 Å². The molecule has 3 heteroatoms. The van der Waals surface area contributed by atoms with Crippen molar-refractivity contribution in [3.63, 3.8) is 0 Å². The minimum Gasteiger partial charge on any atom is -0.378 e. The molecule has 0 saturated carbocycles. The molecule has 0 bridgehead atoms. The van der Waals surface area contributed by atoms with Crippen LogP contribution >= 0.6 is 15.9 Å². The number of alkyl halides is 1. The lowest BCUT2D eigenvalue weighted by Gasteiger charge is -2.38. The summed E-state index contributed by atoms with van der Waals surface area (Å²) in [4.78, 5) is 2.48. The van der Waals surface area contributed by atoms with Crippen molar-refractivity contribution in [1.82, 2.24) is 4.90 Å². The largest absolute Gasteiger partial charge is 0.378 e. The highest BCUT2D eigenvalue weighted by atomic mass is 79.9. The zero-order valence-corrected chi connectivity index (χ0v) is 8.80. The quantitative estimate of drug-likeness (QED) is 0.656. The summed E-state index contributed by atoms with van der Waals surface area (Å²) >= 11 is 3.46. The molecule has 1 rings (SSSR count). The van der Waals surface area contributed by atoms with Gasteiger partial charge >= 0.3 is 0 Å². The van der Waals surface area contributed by atoms with E-state index in [-0.39, 0.29) is 0 Å². The summed E-state index contributed by atoms with van der Waals surface area (Å²) in [5.41, 5.74) is 0. The molecule has 0 aliphatic carbocycles. The van der Waals surface area contributed by atoms with Crippen LogP contribution in [-0.2, 0) is 4.74 Å². The summed E-state index contributed by atoms with van der Waals surface area (Å²) in [7, 11) is 0. The Balaban J connectivity index is 2.41. The molecule has 2 atom stereocenters. The van der Waals surface area contributed by atoms with Crippen LogP contribution in [-0.4, -0.2) is 42.1 Å². The van der Waals surface area contributed by atoms with Crippen molar-refractivity contribution in [2.75, 3.05) is 25.1 Å². The Kier molecular flexibility index (Phi) is 3.82. The van der Waals surface area contributed by atoms with Crippen molar-refractivity contribution in [3.05, 3.63) is 0 Å². The monoisotopic (exact) mass is 221 g/mol. The van der Waals surface area contributed by atoms with Crippen molar-refractivity contribution in [3.8, 4) is 0 Å². The first kappa shape index (κ1) is 9.49. The Labute approximate surface area is 77.0 Å². The Morgan fingerprint density at radius 1 is 1.36 bits per heavy atom. The van der Waals surface area contributed by atoms with Crippen LogP contribution in [0.15, 0.2) is 0 Å². The molecule has 66 valence electrons. The number of rotatable bonds is 2. The Bertz CT molecular complexity index is 111. The molecule has 1 aliphatic heterocycles. The van der Waals surface area contributed by atoms with Crippen LogP contribution in [0.3, 0.4) is 0 Å². The maximum absolute atomic E-state index is 5.41. The zero-order valence-electron chi connectivity index (χ0n) is 7.22. The van der Waals surface area contributed by atoms with E-state index in [1.807, 2.05) is 0 Å². The summed E-state index contributed by atoms with van der Waals surface area (Å²) < 4.78 is 5.41. The molecule has 0 N–H and O–H groups in total. The predicted octanol–water partition coefficient (Wildman–Crippen LogP) is 1.49. The van der Waals surface area contributed by atoms with E-state index in [0.717, 1.165) is 25.1 Å². The highest BCUT2D eigenvalue weighted by Crippen LogP contribution is 2.12. The van der Waals surface area contributed by atoms with Gasteiger partial charge in [-0.2, -0.15) is 0 Å². The van der Waals surface area contributed by atoms with Crippen LogP contribution in [0.4, 0.5) is 0 Å². The van der Waals surface area contributed by atoms with Gasteiger partial charge in [0.05, 0.1) is 13.2 Å². The van der Waals surface area contributed by atoms with Gasteiger partial charge in [0.2, 0.25) is 0 Å². The second-order valence-corrected chi connectivity index (χ2v) is 3.96. The van der Waals surface area contributed by atoms with Gasteiger partial charge in [-0.25, -0.2) is 0 Å². The molecule has 1 saturated heterocycles. The summed E-state index contributed by atoms with van der Waals surface area (Å²) in [5.74, 6) is 0. The first-order valence-corrected chi connectivity index (χ1v) is 5.27. The molecule has 0 amide bonds. The van der Waals surface area contributed by atoms with Gasteiger partial charge in [-0.3, -0.25) is 4.90 Å². The average Bonchev–Trinajstić information content (AvgIpc) is 1.97. The van der Waals surface area contributed by atoms with E-state index in [1.54, 1.807) is 0 Å². The van der Waals surface area contributed by atoms with E-state index in [4.69, 9.17) is 4.74 Å². The van der Waals surface area contributed by atoms with Crippen molar-refractivity contribution in [2.45, 2.75) is 25.9 Å². The number of ether oxygens (including phenoxy) is 1. The van der Waals surface area contributed by atoms with Crippen LogP contribution in [0.25, 0.3) is 0 Å². The van der Waals surface area contributed by atoms with E-state index in [9.17, 15) is 0 Å². The van der Waals surface area contributed by atoms with Crippen LogP contribution in [0, 0.1) is 0 Å². The lowest BCUT2D eigenvalue weighted by molar-refractivity contribution is -0.0331. The SMILES string of the molecule is CC1COCC(C)N1CCBr. The van der Waals surface area contributed by atoms with Crippen molar-refractivity contribution < 1.29 is 4.74 Å². The second-order valence-electron chi connectivity index (χ2n) is 3.16. The molecular formula is C8H16BrNO. The van der Waals surface area contributed by atoms with Gasteiger partial charge in [0.15, 0.2) is 0 Å². The first-order valence-electron chi connectivity index (χ1n) is 4.15. The Morgan fingerprint density at radius 2 is 1.91 bits per heavy atom. The highest BCUT2D eigenvalue weighted by Gasteiger charge is 2.23. The smallest absolute Gasteiger partial charge is 0.0620 e. The third kappa shape index (κ3) is 2.42. The van der Waals surface area contributed by atoms with Gasteiger partial charge in [-0.1, -0.05) is 15.9 Å². The number of halogens is 1. The summed E-state index contributed by atoms with van der Waals surface area (Å²) in [6, 6.07) is 1.16. The van der Waals surface area contributed by atoms with Gasteiger partial charge in [-0.15, -0.1) is 0 Å². The molecule has 0 aromatic heterocycles. The molecular weight excluding hydrogens is 206 g/mol. The molecule has 0 aromatic rings. The van der Waals surface area contributed by atoms with Crippen LogP contribution in [0.2, 0.25) is 0 Å². The summed E-state index contributed by atoms with van der Waals surface area (Å²) in [5, 5.41) is 1.06. The molecule has 2 nitrogen and oxygen atoms in total. The van der Waals surface area contributed by atoms with Gasteiger partial charge in [0.1, 0.15) is 0 Å². The van der Waals surface area contributed by atoms with Crippen LogP contribution in [0.1, 0.15) is 13.8 Å². The summed E-state index contributed by atoms with van der Waals surface area (Å²) in [6.07, 6.45) is 0. The predicted molar refractivity (Wildman–Crippen MR) is 50.2 cm³/mol. The number of hydrogen-bond donors (Lipinski definition) is 0. The van der Waals surface area contributed by atoms with E-state index in [2.05, 4.69) is 34.7 Å². The lowest BCUT2D eigenvalue weighted by Crippen LogP contribution is -2.50. The highest BCUT2D eigenvalue weighted by molar-refractivity contribution is 9.09. The third-order valence-electron chi connectivity index (χ3n) is 2.19. The molecule has 1 aliphatic rings. The molecule has 0 radical (unpaired) electrons. The van der Waals surface area contributed by atoms with Crippen molar-refractivity contribution in [2.24, 2.45) is 0 Å². The Hall–Kier alpha value is 0.400. The van der Waals surface area contributed by atoms with E-state index >= 15 is 0 Å². The topological polar surface area (TPSA) is 12.5 Å². The van der Waals surface area contributed by atoms with E-state index in [1.165, 1.54) is 0 Å². The lowest BCUT2D eigenvalue weighted by atomic mass is 10.2. The summed E-state index contributed by atoms with van der Waals surface area (Å²) in [6.45, 7) is 7.34. The van der Waals surface area contributed by atoms with Crippen LogP contribution < -0.4 is 0 Å². The fraction of sp³-hybridized carbons (Fsp3) is 1.00. The van der Waals surface area contributed by atoms with Gasteiger partial charge in [-0.05, 0) is 13.8 Å². The third-order valence-corrected chi connectivity index (χ3v) is 2.55. The maximum Gasteiger partial charge on any atom is 0.0620 e. The molecule has 11 heavy (non-hydrogen) atoms. The number of nitrogens with zero attached hydrogens (tertiary/aromatic N) is 1. The first-order chi connectivity index (χ1) is 5.25. The maximum atomic E-state index is 5.41. The van der Waals surface area contributed by atoms with Crippen molar-refractivity contribution in [1.29, 1.82) is 0 Å². The Morgan fingerprint density at radius 3 is 2.36 bits per heavy atom. The molecule has 1 fully saturated rings. The van der Waals surface area contributed by atoms with E-state index in [0.29, 0.717) is 12.1 Å². The standard InChI is InChI=1S/C8H16BrNO/c1-7-5-11-6-8(2)10(7)4-3-9/h7-8H,3-6H2,1-2H3. The number of morpholine rings is 1. The second kappa shape index (κ2) is 4.43. The minimum atomic E-state index is 0.580. The fourth-order valence-corrected chi connectivity index (χ4v) is 1.98. The van der Waals surface area contributed by atoms with Gasteiger partial charge < -0.3 is 4.74 Å².